The van der Waals surface area contributed by atoms with Crippen LogP contribution >= 0.6 is 0 Å². The molecule has 0 radical (unpaired) electrons. The SMILES string of the molecule is CC(=O)Nc1cccc(NC(=O)c2cc(-c3ccc(C)cc3)n(C3CCS(=O)(=O)C3)n2)c1. The normalized spacial score (nSPS) is 17.1. The van der Waals surface area contributed by atoms with Crippen LogP contribution in [0.1, 0.15) is 35.4 Å². The lowest BCUT2D eigenvalue weighted by Gasteiger charge is -2.13. The highest BCUT2D eigenvalue weighted by Gasteiger charge is 2.32. The Balaban J connectivity index is 1.65. The predicted octanol–water partition coefficient (Wildman–Crippen LogP) is 3.43. The van der Waals surface area contributed by atoms with E-state index < -0.39 is 15.7 Å². The number of amides is 2. The van der Waals surface area contributed by atoms with E-state index in [1.54, 1.807) is 35.0 Å². The van der Waals surface area contributed by atoms with Crippen molar-refractivity contribution in [3.8, 4) is 11.3 Å². The maximum Gasteiger partial charge on any atom is 0.276 e. The van der Waals surface area contributed by atoms with Crippen LogP contribution in [0, 0.1) is 6.92 Å². The molecule has 8 nitrogen and oxygen atoms in total. The first kappa shape index (κ1) is 21.8. The molecule has 1 aliphatic heterocycles. The molecule has 1 saturated heterocycles. The fraction of sp³-hybridized carbons (Fsp3) is 0.261. The quantitative estimate of drug-likeness (QED) is 0.616. The van der Waals surface area contributed by atoms with Crippen LogP contribution in [0.5, 0.6) is 0 Å². The molecule has 2 aromatic carbocycles. The van der Waals surface area contributed by atoms with Crippen molar-refractivity contribution in [2.45, 2.75) is 26.3 Å². The van der Waals surface area contributed by atoms with E-state index in [9.17, 15) is 18.0 Å². The molecular formula is C23H24N4O4S. The summed E-state index contributed by atoms with van der Waals surface area (Å²) in [6.45, 7) is 3.40. The zero-order valence-electron chi connectivity index (χ0n) is 17.8. The second kappa shape index (κ2) is 8.58. The number of aryl methyl sites for hydroxylation is 1. The highest BCUT2D eigenvalue weighted by Crippen LogP contribution is 2.30. The van der Waals surface area contributed by atoms with Gasteiger partial charge in [0, 0.05) is 18.3 Å². The third-order valence-corrected chi connectivity index (χ3v) is 7.06. The Labute approximate surface area is 186 Å². The molecule has 4 rings (SSSR count). The van der Waals surface area contributed by atoms with E-state index in [1.165, 1.54) is 6.92 Å². The van der Waals surface area contributed by atoms with Gasteiger partial charge in [-0.15, -0.1) is 0 Å². The van der Waals surface area contributed by atoms with E-state index in [4.69, 9.17) is 0 Å². The van der Waals surface area contributed by atoms with Gasteiger partial charge < -0.3 is 10.6 Å². The van der Waals surface area contributed by atoms with E-state index in [1.807, 2.05) is 31.2 Å². The van der Waals surface area contributed by atoms with Crippen LogP contribution in [0.15, 0.2) is 54.6 Å². The Hall–Kier alpha value is -3.46. The van der Waals surface area contributed by atoms with E-state index in [-0.39, 0.29) is 29.1 Å². The summed E-state index contributed by atoms with van der Waals surface area (Å²) in [5.74, 6) is -0.505. The number of anilines is 2. The summed E-state index contributed by atoms with van der Waals surface area (Å²) in [6.07, 6.45) is 0.461. The minimum atomic E-state index is -3.12. The number of nitrogens with zero attached hydrogens (tertiary/aromatic N) is 2. The third-order valence-electron chi connectivity index (χ3n) is 5.31. The highest BCUT2D eigenvalue weighted by atomic mass is 32.2. The number of nitrogens with one attached hydrogen (secondary N) is 2. The lowest BCUT2D eigenvalue weighted by molar-refractivity contribution is -0.114. The molecule has 32 heavy (non-hydrogen) atoms. The molecule has 2 N–H and O–H groups in total. The van der Waals surface area contributed by atoms with Crippen LogP contribution < -0.4 is 10.6 Å². The molecule has 1 aliphatic rings. The standard InChI is InChI=1S/C23H24N4O4S/c1-15-6-8-17(9-7-15)22-13-21(26-27(22)20-10-11-32(30,31)14-20)23(29)25-19-5-3-4-18(12-19)24-16(2)28/h3-9,12-13,20H,10-11,14H2,1-2H3,(H,24,28)(H,25,29). The Morgan fingerprint density at radius 1 is 1.03 bits per heavy atom. The van der Waals surface area contributed by atoms with E-state index in [2.05, 4.69) is 15.7 Å². The third kappa shape index (κ3) is 4.88. The van der Waals surface area contributed by atoms with Crippen LogP contribution in [-0.2, 0) is 14.6 Å². The molecule has 9 heteroatoms. The summed E-state index contributed by atoms with van der Waals surface area (Å²) in [7, 11) is -3.12. The molecule has 166 valence electrons. The van der Waals surface area contributed by atoms with Crippen molar-refractivity contribution in [3.05, 3.63) is 65.9 Å². The number of sulfone groups is 1. The van der Waals surface area contributed by atoms with Gasteiger partial charge in [0.2, 0.25) is 5.91 Å². The summed E-state index contributed by atoms with van der Waals surface area (Å²) < 4.78 is 25.8. The molecule has 0 aliphatic carbocycles. The number of hydrogen-bond donors (Lipinski definition) is 2. The molecule has 1 aromatic heterocycles. The van der Waals surface area contributed by atoms with Gasteiger partial charge >= 0.3 is 0 Å². The number of aromatic nitrogens is 2. The second-order valence-corrected chi connectivity index (χ2v) is 10.2. The Kier molecular flexibility index (Phi) is 5.84. The number of rotatable bonds is 5. The lowest BCUT2D eigenvalue weighted by atomic mass is 10.1. The predicted molar refractivity (Wildman–Crippen MR) is 123 cm³/mol. The van der Waals surface area contributed by atoms with Crippen LogP contribution in [0.3, 0.4) is 0 Å². The number of carbonyl (C=O) groups excluding carboxylic acids is 2. The van der Waals surface area contributed by atoms with E-state index in [0.29, 0.717) is 23.5 Å². The molecule has 3 aromatic rings. The average Bonchev–Trinajstić information content (AvgIpc) is 3.32. The first-order chi connectivity index (χ1) is 15.2. The van der Waals surface area contributed by atoms with Crippen molar-refractivity contribution in [3.63, 3.8) is 0 Å². The van der Waals surface area contributed by atoms with Gasteiger partial charge in [-0.25, -0.2) is 8.42 Å². The van der Waals surface area contributed by atoms with Crippen molar-refractivity contribution in [2.24, 2.45) is 0 Å². The number of hydrogen-bond acceptors (Lipinski definition) is 5. The molecule has 2 amide bonds. The van der Waals surface area contributed by atoms with Crippen LogP contribution in [0.2, 0.25) is 0 Å². The van der Waals surface area contributed by atoms with Gasteiger partial charge in [0.1, 0.15) is 0 Å². The zero-order valence-corrected chi connectivity index (χ0v) is 18.6. The van der Waals surface area contributed by atoms with Crippen molar-refractivity contribution in [1.82, 2.24) is 9.78 Å². The Bertz CT molecular complexity index is 1280. The summed E-state index contributed by atoms with van der Waals surface area (Å²) in [5.41, 5.74) is 3.92. The molecule has 0 saturated carbocycles. The molecule has 0 bridgehead atoms. The van der Waals surface area contributed by atoms with Gasteiger partial charge in [0.05, 0.1) is 23.2 Å². The van der Waals surface area contributed by atoms with Crippen LogP contribution in [0.25, 0.3) is 11.3 Å². The van der Waals surface area contributed by atoms with Crippen molar-refractivity contribution in [2.75, 3.05) is 22.1 Å². The van der Waals surface area contributed by atoms with Gasteiger partial charge in [-0.05, 0) is 43.2 Å². The van der Waals surface area contributed by atoms with Gasteiger partial charge in [0.15, 0.2) is 15.5 Å². The second-order valence-electron chi connectivity index (χ2n) is 8.00. The largest absolute Gasteiger partial charge is 0.326 e. The number of carbonyl (C=O) groups is 2. The molecule has 2 heterocycles. The summed E-state index contributed by atoms with van der Waals surface area (Å²) >= 11 is 0. The molecule has 0 spiro atoms. The van der Waals surface area contributed by atoms with Gasteiger partial charge in [-0.2, -0.15) is 5.10 Å². The van der Waals surface area contributed by atoms with Gasteiger partial charge in [-0.3, -0.25) is 14.3 Å². The fourth-order valence-electron chi connectivity index (χ4n) is 3.77. The Morgan fingerprint density at radius 3 is 2.34 bits per heavy atom. The van der Waals surface area contributed by atoms with E-state index in [0.717, 1.165) is 11.1 Å². The smallest absolute Gasteiger partial charge is 0.276 e. The van der Waals surface area contributed by atoms with E-state index >= 15 is 0 Å². The zero-order chi connectivity index (χ0) is 22.9. The maximum absolute atomic E-state index is 12.9. The van der Waals surface area contributed by atoms with Crippen molar-refractivity contribution >= 4 is 33.0 Å². The lowest BCUT2D eigenvalue weighted by Crippen LogP contribution is -2.16. The van der Waals surface area contributed by atoms with Gasteiger partial charge in [-0.1, -0.05) is 35.9 Å². The first-order valence-electron chi connectivity index (χ1n) is 10.3. The van der Waals surface area contributed by atoms with Gasteiger partial charge in [0.25, 0.3) is 5.91 Å². The van der Waals surface area contributed by atoms with Crippen molar-refractivity contribution in [1.29, 1.82) is 0 Å². The van der Waals surface area contributed by atoms with Crippen LogP contribution in [-0.4, -0.2) is 41.5 Å². The van der Waals surface area contributed by atoms with Crippen molar-refractivity contribution < 1.29 is 18.0 Å². The minimum absolute atomic E-state index is 0.00730. The molecule has 1 fully saturated rings. The summed E-state index contributed by atoms with van der Waals surface area (Å²) in [4.78, 5) is 24.2. The summed E-state index contributed by atoms with van der Waals surface area (Å²) in [6, 6.07) is 16.0. The monoisotopic (exact) mass is 452 g/mol. The molecule has 1 atom stereocenters. The average molecular weight is 453 g/mol. The maximum atomic E-state index is 12.9. The Morgan fingerprint density at radius 2 is 1.72 bits per heavy atom. The van der Waals surface area contributed by atoms with Crippen LogP contribution in [0.4, 0.5) is 11.4 Å². The minimum Gasteiger partial charge on any atom is -0.326 e. The number of benzene rings is 2. The highest BCUT2D eigenvalue weighted by molar-refractivity contribution is 7.91. The topological polar surface area (TPSA) is 110 Å². The molecular weight excluding hydrogens is 428 g/mol. The summed E-state index contributed by atoms with van der Waals surface area (Å²) in [5, 5.41) is 9.96. The molecule has 1 unspecified atom stereocenters. The fourth-order valence-corrected chi connectivity index (χ4v) is 5.46. The first-order valence-corrected chi connectivity index (χ1v) is 12.1.